The van der Waals surface area contributed by atoms with E-state index >= 15 is 0 Å². The van der Waals surface area contributed by atoms with Gasteiger partial charge in [0.1, 0.15) is 17.6 Å². The minimum atomic E-state index is -0.880. The van der Waals surface area contributed by atoms with Crippen LogP contribution in [0.3, 0.4) is 0 Å². The van der Waals surface area contributed by atoms with E-state index in [9.17, 15) is 19.2 Å². The van der Waals surface area contributed by atoms with E-state index in [-0.39, 0.29) is 16.3 Å². The molecule has 0 aliphatic heterocycles. The third-order valence-corrected chi connectivity index (χ3v) is 5.50. The van der Waals surface area contributed by atoms with Crippen molar-refractivity contribution in [2.24, 2.45) is 5.73 Å². The molecule has 1 unspecified atom stereocenters. The summed E-state index contributed by atoms with van der Waals surface area (Å²) in [6.45, 7) is 0. The van der Waals surface area contributed by atoms with E-state index in [1.54, 1.807) is 18.2 Å². The molecule has 5 N–H and O–H groups in total. The lowest BCUT2D eigenvalue weighted by Gasteiger charge is -2.14. The maximum atomic E-state index is 13.0. The predicted molar refractivity (Wildman–Crippen MR) is 136 cm³/mol. The van der Waals surface area contributed by atoms with Gasteiger partial charge in [0.2, 0.25) is 5.91 Å². The van der Waals surface area contributed by atoms with Crippen LogP contribution in [0, 0.1) is 22.6 Å². The highest BCUT2D eigenvalue weighted by Gasteiger charge is 2.17. The summed E-state index contributed by atoms with van der Waals surface area (Å²) in [4.78, 5) is 23.2. The van der Waals surface area contributed by atoms with Gasteiger partial charge >= 0.3 is 0 Å². The minimum Gasteiger partial charge on any atom is -0.506 e. The van der Waals surface area contributed by atoms with Crippen molar-refractivity contribution < 1.29 is 19.1 Å². The first-order valence-electron chi connectivity index (χ1n) is 10.5. The van der Waals surface area contributed by atoms with E-state index in [0.29, 0.717) is 22.1 Å². The molecule has 0 saturated carbocycles. The van der Waals surface area contributed by atoms with Gasteiger partial charge in [0.25, 0.3) is 5.91 Å². The Balaban J connectivity index is 0.000000275. The Bertz CT molecular complexity index is 1480. The molecular weight excluding hydrogens is 483 g/mol. The van der Waals surface area contributed by atoms with Crippen LogP contribution in [0.5, 0.6) is 5.75 Å². The summed E-state index contributed by atoms with van der Waals surface area (Å²) in [5.41, 5.74) is 6.88. The molecular formula is C27H20ClFN4O3. The number of nitrogens with zero attached hydrogens (tertiary/aromatic N) is 1. The average Bonchev–Trinajstić information content (AvgIpc) is 2.89. The number of aromatic hydroxyl groups is 1. The fourth-order valence-corrected chi connectivity index (χ4v) is 3.54. The third-order valence-electron chi connectivity index (χ3n) is 5.20. The molecule has 7 nitrogen and oxygen atoms in total. The van der Waals surface area contributed by atoms with E-state index in [0.717, 1.165) is 5.39 Å². The monoisotopic (exact) mass is 502 g/mol. The summed E-state index contributed by atoms with van der Waals surface area (Å²) in [5, 5.41) is 30.1. The van der Waals surface area contributed by atoms with Crippen LogP contribution in [0.1, 0.15) is 37.9 Å². The number of nitriles is 1. The molecule has 0 fully saturated rings. The highest BCUT2D eigenvalue weighted by molar-refractivity contribution is 6.32. The highest BCUT2D eigenvalue weighted by Crippen LogP contribution is 2.24. The molecule has 0 heterocycles. The number of nitrogens with one attached hydrogen (secondary N) is 2. The molecule has 9 heteroatoms. The number of nitrogens with two attached hydrogens (primary N) is 1. The number of hydrogen-bond donors (Lipinski definition) is 4. The van der Waals surface area contributed by atoms with Crippen LogP contribution in [-0.2, 0) is 0 Å². The number of carbonyl (C=O) groups is 2. The number of carbonyl (C=O) groups excluding carboxylic acids is 2. The number of phenolic OH excluding ortho intramolecular Hbond substituents is 1. The van der Waals surface area contributed by atoms with Crippen molar-refractivity contribution in [3.8, 4) is 11.8 Å². The summed E-state index contributed by atoms with van der Waals surface area (Å²) in [5.74, 6) is -1.42. The number of amides is 2. The first-order valence-corrected chi connectivity index (χ1v) is 10.9. The first kappa shape index (κ1) is 25.9. The van der Waals surface area contributed by atoms with E-state index in [1.165, 1.54) is 48.7 Å². The number of primary amides is 1. The van der Waals surface area contributed by atoms with Crippen molar-refractivity contribution in [1.82, 2.24) is 5.32 Å². The minimum absolute atomic E-state index is 0.0586. The highest BCUT2D eigenvalue weighted by atomic mass is 35.5. The Morgan fingerprint density at radius 1 is 1.06 bits per heavy atom. The number of fused-ring (bicyclic) bond motifs is 1. The number of hydrogen-bond acceptors (Lipinski definition) is 5. The molecule has 0 aromatic heterocycles. The summed E-state index contributed by atoms with van der Waals surface area (Å²) >= 11 is 5.50. The molecule has 0 aliphatic rings. The second-order valence-corrected chi connectivity index (χ2v) is 7.92. The van der Waals surface area contributed by atoms with Crippen molar-refractivity contribution in [3.05, 3.63) is 112 Å². The molecule has 0 radical (unpaired) electrons. The molecule has 4 aromatic carbocycles. The third kappa shape index (κ3) is 6.03. The molecule has 0 aliphatic carbocycles. The second kappa shape index (κ2) is 11.6. The second-order valence-electron chi connectivity index (χ2n) is 7.51. The van der Waals surface area contributed by atoms with Crippen LogP contribution in [0.4, 0.5) is 4.39 Å². The van der Waals surface area contributed by atoms with Gasteiger partial charge < -0.3 is 21.6 Å². The first-order chi connectivity index (χ1) is 17.2. The van der Waals surface area contributed by atoms with Crippen molar-refractivity contribution in [2.75, 3.05) is 0 Å². The van der Waals surface area contributed by atoms with E-state index in [1.807, 2.05) is 24.3 Å². The molecule has 36 heavy (non-hydrogen) atoms. The van der Waals surface area contributed by atoms with Gasteiger partial charge in [0.15, 0.2) is 0 Å². The van der Waals surface area contributed by atoms with Gasteiger partial charge in [0.05, 0.1) is 11.1 Å². The summed E-state index contributed by atoms with van der Waals surface area (Å²) < 4.78 is 13.0. The Morgan fingerprint density at radius 2 is 1.72 bits per heavy atom. The molecule has 0 saturated heterocycles. The SMILES string of the molecule is N#CC(NC(=O)c1ccc(C=N)c2ccccc12)c1ccc(F)cc1.NC(=O)c1ccc(O)c(Cl)c1. The van der Waals surface area contributed by atoms with Crippen molar-refractivity contribution in [3.63, 3.8) is 0 Å². The van der Waals surface area contributed by atoms with Gasteiger partial charge in [-0.15, -0.1) is 0 Å². The normalized spacial score (nSPS) is 10.9. The molecule has 2 amide bonds. The quantitative estimate of drug-likeness (QED) is 0.281. The van der Waals surface area contributed by atoms with Gasteiger partial charge in [-0.05, 0) is 58.3 Å². The Kier molecular flexibility index (Phi) is 8.34. The van der Waals surface area contributed by atoms with E-state index in [4.69, 9.17) is 27.9 Å². The zero-order chi connectivity index (χ0) is 26.2. The Labute approximate surface area is 211 Å². The van der Waals surface area contributed by atoms with Crippen LogP contribution in [0.2, 0.25) is 5.02 Å². The lowest BCUT2D eigenvalue weighted by molar-refractivity contribution is 0.0945. The molecule has 0 spiro atoms. The lowest BCUT2D eigenvalue weighted by atomic mass is 9.99. The fourth-order valence-electron chi connectivity index (χ4n) is 3.36. The Morgan fingerprint density at radius 3 is 2.31 bits per heavy atom. The summed E-state index contributed by atoms with van der Waals surface area (Å²) in [6.07, 6.45) is 1.24. The van der Waals surface area contributed by atoms with Crippen LogP contribution < -0.4 is 11.1 Å². The van der Waals surface area contributed by atoms with Crippen molar-refractivity contribution >= 4 is 40.4 Å². The number of halogens is 2. The fraction of sp³-hybridized carbons (Fsp3) is 0.0370. The number of rotatable bonds is 5. The van der Waals surface area contributed by atoms with Gasteiger partial charge in [-0.2, -0.15) is 5.26 Å². The lowest BCUT2D eigenvalue weighted by Crippen LogP contribution is -2.27. The molecule has 4 rings (SSSR count). The zero-order valence-electron chi connectivity index (χ0n) is 18.7. The van der Waals surface area contributed by atoms with Crippen LogP contribution >= 0.6 is 11.6 Å². The van der Waals surface area contributed by atoms with Crippen molar-refractivity contribution in [1.29, 1.82) is 10.7 Å². The van der Waals surface area contributed by atoms with E-state index < -0.39 is 23.7 Å². The summed E-state index contributed by atoms with van der Waals surface area (Å²) in [7, 11) is 0. The Hall–Kier alpha value is -4.74. The smallest absolute Gasteiger partial charge is 0.253 e. The largest absolute Gasteiger partial charge is 0.506 e. The van der Waals surface area contributed by atoms with Crippen molar-refractivity contribution in [2.45, 2.75) is 6.04 Å². The molecule has 4 aromatic rings. The molecule has 180 valence electrons. The zero-order valence-corrected chi connectivity index (χ0v) is 19.5. The molecule has 1 atom stereocenters. The maximum absolute atomic E-state index is 13.0. The van der Waals surface area contributed by atoms with Gasteiger partial charge in [-0.3, -0.25) is 9.59 Å². The standard InChI is InChI=1S/C20H14FN3O.C7H6ClNO2/c21-15-8-5-13(6-9-15)19(12-23)24-20(25)18-10-7-14(11-22)16-3-1-2-4-17(16)18;8-5-3-4(7(9)11)1-2-6(5)10/h1-11,19,22H,(H,24,25);1-3,10H,(H2,9,11). The van der Waals surface area contributed by atoms with E-state index in [2.05, 4.69) is 5.32 Å². The number of benzene rings is 4. The number of phenols is 1. The van der Waals surface area contributed by atoms with Gasteiger partial charge in [-0.25, -0.2) is 4.39 Å². The average molecular weight is 503 g/mol. The summed E-state index contributed by atoms with van der Waals surface area (Å²) in [6, 6.07) is 21.3. The maximum Gasteiger partial charge on any atom is 0.253 e. The van der Waals surface area contributed by atoms with Crippen LogP contribution in [-0.4, -0.2) is 23.1 Å². The molecule has 0 bridgehead atoms. The topological polar surface area (TPSA) is 140 Å². The van der Waals surface area contributed by atoms with Crippen LogP contribution in [0.25, 0.3) is 10.8 Å². The van der Waals surface area contributed by atoms with Gasteiger partial charge in [0, 0.05) is 17.3 Å². The van der Waals surface area contributed by atoms with Gasteiger partial charge in [-0.1, -0.05) is 54.1 Å². The predicted octanol–water partition coefficient (Wildman–Crippen LogP) is 5.12. The van der Waals surface area contributed by atoms with Crippen LogP contribution in [0.15, 0.2) is 78.9 Å².